The first-order valence-electron chi connectivity index (χ1n) is 6.36. The van der Waals surface area contributed by atoms with Crippen LogP contribution in [0.1, 0.15) is 27.2 Å². The van der Waals surface area contributed by atoms with Gasteiger partial charge in [-0.1, -0.05) is 6.92 Å². The third kappa shape index (κ3) is 7.81. The van der Waals surface area contributed by atoms with Crippen molar-refractivity contribution >= 4 is 22.8 Å². The molecule has 0 saturated heterocycles. The minimum absolute atomic E-state index is 0.0782. The number of hydrogen-bond donors (Lipinski definition) is 2. The first kappa shape index (κ1) is 17.9. The molecule has 7 heteroatoms. The molecule has 0 fully saturated rings. The lowest BCUT2D eigenvalue weighted by Crippen LogP contribution is -2.46. The van der Waals surface area contributed by atoms with Crippen molar-refractivity contribution in [2.75, 3.05) is 25.1 Å². The van der Waals surface area contributed by atoms with Gasteiger partial charge in [0.1, 0.15) is 0 Å². The third-order valence-corrected chi connectivity index (χ3v) is 3.60. The molecule has 6 nitrogen and oxygen atoms in total. The van der Waals surface area contributed by atoms with Crippen molar-refractivity contribution in [3.8, 4) is 0 Å². The monoisotopic (exact) mass is 292 g/mol. The van der Waals surface area contributed by atoms with E-state index in [0.29, 0.717) is 18.7 Å². The van der Waals surface area contributed by atoms with Crippen molar-refractivity contribution in [3.05, 3.63) is 0 Å². The number of carbonyl (C=O) groups excluding carboxylic acids is 1. The molecule has 0 aliphatic rings. The first-order chi connectivity index (χ1) is 8.77. The molecule has 3 unspecified atom stereocenters. The summed E-state index contributed by atoms with van der Waals surface area (Å²) in [7, 11) is -0.871. The molecular weight excluding hydrogens is 268 g/mol. The van der Waals surface area contributed by atoms with Crippen molar-refractivity contribution in [1.82, 2.24) is 10.2 Å². The molecule has 0 aromatic carbocycles. The van der Waals surface area contributed by atoms with Gasteiger partial charge in [-0.2, -0.15) is 0 Å². The molecular formula is C12H24N2O4S. The van der Waals surface area contributed by atoms with Gasteiger partial charge < -0.3 is 15.3 Å². The summed E-state index contributed by atoms with van der Waals surface area (Å²) >= 11 is 0. The van der Waals surface area contributed by atoms with E-state index in [0.717, 1.165) is 0 Å². The van der Waals surface area contributed by atoms with E-state index in [1.54, 1.807) is 20.1 Å². The lowest BCUT2D eigenvalue weighted by atomic mass is 10.2. The van der Waals surface area contributed by atoms with E-state index in [2.05, 4.69) is 5.32 Å². The van der Waals surface area contributed by atoms with E-state index >= 15 is 0 Å². The summed E-state index contributed by atoms with van der Waals surface area (Å²) in [5.74, 6) is -0.969. The highest BCUT2D eigenvalue weighted by Crippen LogP contribution is 2.02. The molecule has 0 spiro atoms. The standard InChI is InChI=1S/C12H24N2O4S/c1-5-14(8-9(2)11(15)16)12(17)13-10(3)6-7-19(4)18/h9-10H,5-8H2,1-4H3,(H,13,17)(H,15,16). The first-order valence-corrected chi connectivity index (χ1v) is 8.08. The van der Waals surface area contributed by atoms with E-state index in [1.165, 1.54) is 4.90 Å². The Kier molecular flexibility index (Phi) is 8.38. The fourth-order valence-electron chi connectivity index (χ4n) is 1.48. The second-order valence-electron chi connectivity index (χ2n) is 4.69. The van der Waals surface area contributed by atoms with E-state index in [4.69, 9.17) is 5.11 Å². The molecule has 0 saturated carbocycles. The predicted molar refractivity (Wildman–Crippen MR) is 75.6 cm³/mol. The van der Waals surface area contributed by atoms with Crippen molar-refractivity contribution in [1.29, 1.82) is 0 Å². The maximum Gasteiger partial charge on any atom is 0.317 e. The Hall–Kier alpha value is -1.11. The number of carboxylic acids is 1. The smallest absolute Gasteiger partial charge is 0.317 e. The Morgan fingerprint density at radius 2 is 1.95 bits per heavy atom. The van der Waals surface area contributed by atoms with Crippen molar-refractivity contribution in [2.24, 2.45) is 5.92 Å². The number of urea groups is 1. The molecule has 2 N–H and O–H groups in total. The van der Waals surface area contributed by atoms with Gasteiger partial charge in [-0.3, -0.25) is 9.00 Å². The van der Waals surface area contributed by atoms with Crippen molar-refractivity contribution < 1.29 is 18.9 Å². The summed E-state index contributed by atoms with van der Waals surface area (Å²) in [6.45, 7) is 5.86. The lowest BCUT2D eigenvalue weighted by Gasteiger charge is -2.25. The van der Waals surface area contributed by atoms with Crippen LogP contribution < -0.4 is 5.32 Å². The fraction of sp³-hybridized carbons (Fsp3) is 0.833. The predicted octanol–water partition coefficient (Wildman–Crippen LogP) is 0.896. The van der Waals surface area contributed by atoms with Crippen LogP contribution in [0.25, 0.3) is 0 Å². The van der Waals surface area contributed by atoms with Gasteiger partial charge in [-0.05, 0) is 20.3 Å². The third-order valence-electron chi connectivity index (χ3n) is 2.79. The summed E-state index contributed by atoms with van der Waals surface area (Å²) in [4.78, 5) is 24.2. The summed E-state index contributed by atoms with van der Waals surface area (Å²) < 4.78 is 11.0. The summed E-state index contributed by atoms with van der Waals surface area (Å²) in [5.41, 5.74) is 0. The number of carbonyl (C=O) groups is 2. The van der Waals surface area contributed by atoms with Crippen LogP contribution in [0.2, 0.25) is 0 Å². The number of amides is 2. The molecule has 0 aromatic heterocycles. The van der Waals surface area contributed by atoms with Gasteiger partial charge >= 0.3 is 12.0 Å². The number of rotatable bonds is 8. The normalized spacial score (nSPS) is 15.4. The van der Waals surface area contributed by atoms with Crippen LogP contribution in [-0.2, 0) is 15.6 Å². The number of aliphatic carboxylic acids is 1. The zero-order valence-electron chi connectivity index (χ0n) is 12.0. The molecule has 2 amide bonds. The Labute approximate surface area is 117 Å². The number of nitrogens with one attached hydrogen (secondary N) is 1. The molecule has 112 valence electrons. The Morgan fingerprint density at radius 1 is 1.37 bits per heavy atom. The van der Waals surface area contributed by atoms with Crippen LogP contribution >= 0.6 is 0 Å². The van der Waals surface area contributed by atoms with Crippen LogP contribution in [-0.4, -0.2) is 57.4 Å². The van der Waals surface area contributed by atoms with Crippen LogP contribution in [0.4, 0.5) is 4.79 Å². The fourth-order valence-corrected chi connectivity index (χ4v) is 2.17. The Balaban J connectivity index is 4.27. The second-order valence-corrected chi connectivity index (χ2v) is 6.25. The van der Waals surface area contributed by atoms with E-state index in [-0.39, 0.29) is 18.6 Å². The molecule has 0 aliphatic heterocycles. The van der Waals surface area contributed by atoms with Crippen molar-refractivity contribution in [2.45, 2.75) is 33.2 Å². The molecule has 0 bridgehead atoms. The molecule has 19 heavy (non-hydrogen) atoms. The average molecular weight is 292 g/mol. The molecule has 0 aromatic rings. The Morgan fingerprint density at radius 3 is 2.37 bits per heavy atom. The minimum Gasteiger partial charge on any atom is -0.481 e. The maximum absolute atomic E-state index is 11.9. The number of nitrogens with zero attached hydrogens (tertiary/aromatic N) is 1. The van der Waals surface area contributed by atoms with E-state index in [1.807, 2.05) is 6.92 Å². The molecule has 0 radical (unpaired) electrons. The zero-order valence-corrected chi connectivity index (χ0v) is 12.8. The van der Waals surface area contributed by atoms with Crippen LogP contribution in [0.15, 0.2) is 0 Å². The molecule has 0 aliphatic carbocycles. The molecule has 0 rings (SSSR count). The van der Waals surface area contributed by atoms with Crippen molar-refractivity contribution in [3.63, 3.8) is 0 Å². The van der Waals surface area contributed by atoms with Gasteiger partial charge in [-0.25, -0.2) is 4.79 Å². The van der Waals surface area contributed by atoms with Gasteiger partial charge in [0.25, 0.3) is 0 Å². The quantitative estimate of drug-likeness (QED) is 0.696. The van der Waals surface area contributed by atoms with Gasteiger partial charge in [0, 0.05) is 41.9 Å². The zero-order chi connectivity index (χ0) is 15.0. The average Bonchev–Trinajstić information content (AvgIpc) is 2.32. The van der Waals surface area contributed by atoms with Crippen LogP contribution in [0.5, 0.6) is 0 Å². The number of carboxylic acid groups (broad SMARTS) is 1. The largest absolute Gasteiger partial charge is 0.481 e. The summed E-state index contributed by atoms with van der Waals surface area (Å²) in [5, 5.41) is 11.6. The van der Waals surface area contributed by atoms with E-state index < -0.39 is 22.7 Å². The SMILES string of the molecule is CCN(CC(C)C(=O)O)C(=O)NC(C)CCS(C)=O. The topological polar surface area (TPSA) is 86.7 Å². The maximum atomic E-state index is 11.9. The van der Waals surface area contributed by atoms with E-state index in [9.17, 15) is 13.8 Å². The van der Waals surface area contributed by atoms with Crippen LogP contribution in [0.3, 0.4) is 0 Å². The summed E-state index contributed by atoms with van der Waals surface area (Å²) in [6.07, 6.45) is 2.27. The highest BCUT2D eigenvalue weighted by Gasteiger charge is 2.20. The highest BCUT2D eigenvalue weighted by molar-refractivity contribution is 7.84. The lowest BCUT2D eigenvalue weighted by molar-refractivity contribution is -0.141. The second kappa shape index (κ2) is 8.90. The minimum atomic E-state index is -0.916. The van der Waals surface area contributed by atoms with Gasteiger partial charge in [0.15, 0.2) is 0 Å². The highest BCUT2D eigenvalue weighted by atomic mass is 32.2. The van der Waals surface area contributed by atoms with Gasteiger partial charge in [0.2, 0.25) is 0 Å². The van der Waals surface area contributed by atoms with Gasteiger partial charge in [-0.15, -0.1) is 0 Å². The summed E-state index contributed by atoms with van der Waals surface area (Å²) in [6, 6.07) is -0.351. The molecule has 3 atom stereocenters. The number of hydrogen-bond acceptors (Lipinski definition) is 3. The van der Waals surface area contributed by atoms with Gasteiger partial charge in [0.05, 0.1) is 5.92 Å². The molecule has 0 heterocycles. The Bertz CT molecular complexity index is 336. The van der Waals surface area contributed by atoms with Crippen LogP contribution in [0, 0.1) is 5.92 Å².